The van der Waals surface area contributed by atoms with E-state index in [1.54, 1.807) is 12.3 Å². The number of aromatic nitrogens is 1. The van der Waals surface area contributed by atoms with Crippen molar-refractivity contribution in [3.05, 3.63) is 23.6 Å². The topological polar surface area (TPSA) is 28.2 Å². The molecule has 1 saturated heterocycles. The molecule has 0 amide bonds. The molecule has 1 fully saturated rings. The SMILES string of the molecule is CCC1(C)CCN(c2nccc(CNC)c2F)CC1. The lowest BCUT2D eigenvalue weighted by atomic mass is 9.78. The van der Waals surface area contributed by atoms with E-state index in [0.717, 1.165) is 25.9 Å². The normalized spacial score (nSPS) is 18.6. The molecule has 2 rings (SSSR count). The molecule has 0 spiro atoms. The zero-order chi connectivity index (χ0) is 13.9. The van der Waals surface area contributed by atoms with Gasteiger partial charge in [0.1, 0.15) is 0 Å². The van der Waals surface area contributed by atoms with Gasteiger partial charge in [-0.25, -0.2) is 9.37 Å². The van der Waals surface area contributed by atoms with Gasteiger partial charge >= 0.3 is 0 Å². The zero-order valence-electron chi connectivity index (χ0n) is 12.2. The summed E-state index contributed by atoms with van der Waals surface area (Å²) in [6.07, 6.45) is 5.12. The van der Waals surface area contributed by atoms with Gasteiger partial charge in [-0.3, -0.25) is 0 Å². The van der Waals surface area contributed by atoms with Crippen molar-refractivity contribution in [2.24, 2.45) is 5.41 Å². The van der Waals surface area contributed by atoms with Gasteiger partial charge in [-0.2, -0.15) is 0 Å². The Bertz CT molecular complexity index is 425. The van der Waals surface area contributed by atoms with Gasteiger partial charge in [-0.05, 0) is 31.4 Å². The molecule has 0 aliphatic carbocycles. The van der Waals surface area contributed by atoms with Crippen molar-refractivity contribution in [3.63, 3.8) is 0 Å². The van der Waals surface area contributed by atoms with Gasteiger partial charge in [0.2, 0.25) is 0 Å². The number of rotatable bonds is 4. The van der Waals surface area contributed by atoms with Crippen molar-refractivity contribution >= 4 is 5.82 Å². The van der Waals surface area contributed by atoms with Crippen LogP contribution in [0.1, 0.15) is 38.7 Å². The number of pyridine rings is 1. The van der Waals surface area contributed by atoms with Crippen molar-refractivity contribution in [3.8, 4) is 0 Å². The van der Waals surface area contributed by atoms with Gasteiger partial charge in [0.05, 0.1) is 0 Å². The number of piperidine rings is 1. The van der Waals surface area contributed by atoms with Crippen molar-refractivity contribution in [2.45, 2.75) is 39.7 Å². The largest absolute Gasteiger partial charge is 0.354 e. The molecule has 1 aromatic rings. The summed E-state index contributed by atoms with van der Waals surface area (Å²) in [4.78, 5) is 6.33. The fourth-order valence-corrected chi connectivity index (χ4v) is 2.63. The third kappa shape index (κ3) is 3.06. The van der Waals surface area contributed by atoms with E-state index < -0.39 is 0 Å². The van der Waals surface area contributed by atoms with Crippen LogP contribution >= 0.6 is 0 Å². The molecule has 2 heterocycles. The molecule has 19 heavy (non-hydrogen) atoms. The Labute approximate surface area is 115 Å². The first-order valence-electron chi connectivity index (χ1n) is 7.12. The summed E-state index contributed by atoms with van der Waals surface area (Å²) in [5.41, 5.74) is 1.10. The van der Waals surface area contributed by atoms with E-state index in [2.05, 4.69) is 29.0 Å². The minimum absolute atomic E-state index is 0.169. The monoisotopic (exact) mass is 265 g/mol. The summed E-state index contributed by atoms with van der Waals surface area (Å²) in [5.74, 6) is 0.350. The first-order valence-corrected chi connectivity index (χ1v) is 7.12. The van der Waals surface area contributed by atoms with Crippen LogP contribution in [-0.2, 0) is 6.54 Å². The van der Waals surface area contributed by atoms with E-state index in [9.17, 15) is 4.39 Å². The maximum absolute atomic E-state index is 14.4. The van der Waals surface area contributed by atoms with Gasteiger partial charge in [-0.15, -0.1) is 0 Å². The van der Waals surface area contributed by atoms with Crippen LogP contribution in [0.4, 0.5) is 10.2 Å². The van der Waals surface area contributed by atoms with Crippen molar-refractivity contribution < 1.29 is 4.39 Å². The van der Waals surface area contributed by atoms with Crippen LogP contribution in [0.2, 0.25) is 0 Å². The van der Waals surface area contributed by atoms with Gasteiger partial charge in [-0.1, -0.05) is 20.3 Å². The molecule has 0 atom stereocenters. The summed E-state index contributed by atoms with van der Waals surface area (Å²) in [6, 6.07) is 1.75. The second kappa shape index (κ2) is 5.87. The smallest absolute Gasteiger partial charge is 0.170 e. The average molecular weight is 265 g/mol. The Balaban J connectivity index is 2.13. The van der Waals surface area contributed by atoms with Crippen LogP contribution in [0, 0.1) is 11.2 Å². The fraction of sp³-hybridized carbons (Fsp3) is 0.667. The lowest BCUT2D eigenvalue weighted by molar-refractivity contribution is 0.237. The molecule has 0 saturated carbocycles. The maximum Gasteiger partial charge on any atom is 0.170 e. The summed E-state index contributed by atoms with van der Waals surface area (Å²) in [7, 11) is 1.83. The molecule has 4 heteroatoms. The van der Waals surface area contributed by atoms with Crippen LogP contribution in [-0.4, -0.2) is 25.1 Å². The molecule has 1 N–H and O–H groups in total. The molecule has 1 aliphatic heterocycles. The first kappa shape index (κ1) is 14.3. The molecule has 0 unspecified atom stereocenters. The Hall–Kier alpha value is -1.16. The third-order valence-corrected chi connectivity index (χ3v) is 4.44. The van der Waals surface area contributed by atoms with Crippen molar-refractivity contribution in [1.82, 2.24) is 10.3 Å². The highest BCUT2D eigenvalue weighted by Crippen LogP contribution is 2.35. The lowest BCUT2D eigenvalue weighted by Crippen LogP contribution is -2.39. The number of hydrogen-bond donors (Lipinski definition) is 1. The minimum atomic E-state index is -0.169. The van der Waals surface area contributed by atoms with E-state index in [1.165, 1.54) is 6.42 Å². The molecular weight excluding hydrogens is 241 g/mol. The number of nitrogens with zero attached hydrogens (tertiary/aromatic N) is 2. The fourth-order valence-electron chi connectivity index (χ4n) is 2.63. The lowest BCUT2D eigenvalue weighted by Gasteiger charge is -2.39. The predicted molar refractivity (Wildman–Crippen MR) is 76.8 cm³/mol. The summed E-state index contributed by atoms with van der Waals surface area (Å²) in [5, 5.41) is 2.99. The van der Waals surface area contributed by atoms with Crippen LogP contribution < -0.4 is 10.2 Å². The van der Waals surface area contributed by atoms with Gasteiger partial charge in [0.25, 0.3) is 0 Å². The van der Waals surface area contributed by atoms with E-state index in [4.69, 9.17) is 0 Å². The number of nitrogens with one attached hydrogen (secondary N) is 1. The first-order chi connectivity index (χ1) is 9.09. The van der Waals surface area contributed by atoms with E-state index >= 15 is 0 Å². The minimum Gasteiger partial charge on any atom is -0.354 e. The van der Waals surface area contributed by atoms with Gasteiger partial charge in [0.15, 0.2) is 11.6 Å². The van der Waals surface area contributed by atoms with Gasteiger partial charge in [0, 0.05) is 31.4 Å². The number of hydrogen-bond acceptors (Lipinski definition) is 3. The van der Waals surface area contributed by atoms with Crippen molar-refractivity contribution in [2.75, 3.05) is 25.0 Å². The van der Waals surface area contributed by atoms with Crippen molar-refractivity contribution in [1.29, 1.82) is 0 Å². The van der Waals surface area contributed by atoms with Gasteiger partial charge < -0.3 is 10.2 Å². The van der Waals surface area contributed by atoms with Crippen LogP contribution in [0.3, 0.4) is 0 Å². The van der Waals surface area contributed by atoms with E-state index in [-0.39, 0.29) is 5.82 Å². The number of anilines is 1. The highest BCUT2D eigenvalue weighted by atomic mass is 19.1. The Morgan fingerprint density at radius 1 is 1.42 bits per heavy atom. The Morgan fingerprint density at radius 3 is 2.68 bits per heavy atom. The summed E-state index contributed by atoms with van der Waals surface area (Å²) < 4.78 is 14.4. The highest BCUT2D eigenvalue weighted by Gasteiger charge is 2.30. The van der Waals surface area contributed by atoms with E-state index in [1.807, 2.05) is 7.05 Å². The predicted octanol–water partition coefficient (Wildman–Crippen LogP) is 2.96. The Morgan fingerprint density at radius 2 is 2.11 bits per heavy atom. The summed E-state index contributed by atoms with van der Waals surface area (Å²) in [6.45, 7) is 6.91. The molecule has 3 nitrogen and oxygen atoms in total. The second-order valence-electron chi connectivity index (χ2n) is 5.79. The highest BCUT2D eigenvalue weighted by molar-refractivity contribution is 5.43. The van der Waals surface area contributed by atoms with Crippen LogP contribution in [0.15, 0.2) is 12.3 Å². The molecular formula is C15H24FN3. The Kier molecular flexibility index (Phi) is 4.40. The molecule has 0 radical (unpaired) electrons. The average Bonchev–Trinajstić information content (AvgIpc) is 2.43. The molecule has 1 aromatic heterocycles. The standard InChI is InChI=1S/C15H24FN3/c1-4-15(2)6-9-19(10-7-15)14-13(16)12(11-17-3)5-8-18-14/h5,8,17H,4,6-7,9-11H2,1-3H3. The van der Waals surface area contributed by atoms with E-state index in [0.29, 0.717) is 23.3 Å². The second-order valence-corrected chi connectivity index (χ2v) is 5.79. The van der Waals surface area contributed by atoms with Crippen LogP contribution in [0.5, 0.6) is 0 Å². The molecule has 1 aliphatic rings. The summed E-state index contributed by atoms with van der Waals surface area (Å²) >= 11 is 0. The third-order valence-electron chi connectivity index (χ3n) is 4.44. The van der Waals surface area contributed by atoms with Crippen LogP contribution in [0.25, 0.3) is 0 Å². The quantitative estimate of drug-likeness (QED) is 0.907. The molecule has 0 bridgehead atoms. The molecule has 0 aromatic carbocycles. The molecule has 106 valence electrons. The maximum atomic E-state index is 14.4. The zero-order valence-corrected chi connectivity index (χ0v) is 12.2. The number of halogens is 1.